The summed E-state index contributed by atoms with van der Waals surface area (Å²) in [6, 6.07) is 10.8. The molecule has 2 fully saturated rings. The SMILES string of the molecule is COc1cccc([C@H]2[C@@H](NC(=O)c3ccnnc3)CCN2C2CC2)c1. The van der Waals surface area contributed by atoms with Gasteiger partial charge in [0.1, 0.15) is 5.75 Å². The summed E-state index contributed by atoms with van der Waals surface area (Å²) in [5, 5.41) is 10.7. The molecular weight excluding hydrogens is 316 g/mol. The number of benzene rings is 1. The van der Waals surface area contributed by atoms with Crippen LogP contribution in [0.4, 0.5) is 0 Å². The first-order chi connectivity index (χ1) is 12.3. The Labute approximate surface area is 147 Å². The van der Waals surface area contributed by atoms with Gasteiger partial charge < -0.3 is 10.1 Å². The highest BCUT2D eigenvalue weighted by Crippen LogP contribution is 2.41. The van der Waals surface area contributed by atoms with Gasteiger partial charge in [-0.1, -0.05) is 12.1 Å². The normalized spacial score (nSPS) is 23.4. The van der Waals surface area contributed by atoms with Crippen LogP contribution in [0, 0.1) is 0 Å². The Morgan fingerprint density at radius 1 is 1.24 bits per heavy atom. The first-order valence-corrected chi connectivity index (χ1v) is 8.73. The van der Waals surface area contributed by atoms with Crippen LogP contribution >= 0.6 is 0 Å². The Hall–Kier alpha value is -2.47. The molecule has 2 aliphatic rings. The number of hydrogen-bond donors (Lipinski definition) is 1. The maximum Gasteiger partial charge on any atom is 0.253 e. The number of hydrogen-bond acceptors (Lipinski definition) is 5. The molecule has 1 aromatic heterocycles. The van der Waals surface area contributed by atoms with Crippen molar-refractivity contribution >= 4 is 5.91 Å². The van der Waals surface area contributed by atoms with E-state index in [1.807, 2.05) is 12.1 Å². The number of carbonyl (C=O) groups is 1. The van der Waals surface area contributed by atoms with Crippen LogP contribution in [0.1, 0.15) is 41.2 Å². The van der Waals surface area contributed by atoms with Gasteiger partial charge in [-0.25, -0.2) is 0 Å². The van der Waals surface area contributed by atoms with Crippen molar-refractivity contribution in [3.63, 3.8) is 0 Å². The number of aromatic nitrogens is 2. The molecule has 0 radical (unpaired) electrons. The fourth-order valence-corrected chi connectivity index (χ4v) is 3.71. The lowest BCUT2D eigenvalue weighted by atomic mass is 9.99. The average Bonchev–Trinajstić information content (AvgIpc) is 3.43. The Morgan fingerprint density at radius 2 is 2.12 bits per heavy atom. The van der Waals surface area contributed by atoms with E-state index in [-0.39, 0.29) is 18.0 Å². The number of rotatable bonds is 5. The smallest absolute Gasteiger partial charge is 0.253 e. The number of methoxy groups -OCH3 is 1. The molecule has 2 atom stereocenters. The van der Waals surface area contributed by atoms with Gasteiger partial charge in [0.15, 0.2) is 0 Å². The van der Waals surface area contributed by atoms with Gasteiger partial charge in [0.05, 0.1) is 37.2 Å². The summed E-state index contributed by atoms with van der Waals surface area (Å²) in [4.78, 5) is 15.1. The van der Waals surface area contributed by atoms with E-state index < -0.39 is 0 Å². The first-order valence-electron chi connectivity index (χ1n) is 8.73. The van der Waals surface area contributed by atoms with E-state index in [1.54, 1.807) is 19.4 Å². The zero-order chi connectivity index (χ0) is 17.2. The maximum atomic E-state index is 12.6. The van der Waals surface area contributed by atoms with Gasteiger partial charge in [0.25, 0.3) is 5.91 Å². The molecule has 1 saturated carbocycles. The third-order valence-electron chi connectivity index (χ3n) is 5.05. The molecule has 0 unspecified atom stereocenters. The van der Waals surface area contributed by atoms with E-state index in [0.29, 0.717) is 11.6 Å². The van der Waals surface area contributed by atoms with Crippen molar-refractivity contribution in [1.29, 1.82) is 0 Å². The van der Waals surface area contributed by atoms with Crippen LogP contribution in [0.15, 0.2) is 42.7 Å². The molecule has 4 rings (SSSR count). The minimum atomic E-state index is -0.0922. The van der Waals surface area contributed by atoms with E-state index in [9.17, 15) is 4.79 Å². The predicted octanol–water partition coefficient (Wildman–Crippen LogP) is 2.19. The molecule has 1 saturated heterocycles. The second-order valence-electron chi connectivity index (χ2n) is 6.69. The van der Waals surface area contributed by atoms with E-state index in [2.05, 4.69) is 32.5 Å². The number of likely N-dealkylation sites (tertiary alicyclic amines) is 1. The summed E-state index contributed by atoms with van der Waals surface area (Å²) >= 11 is 0. The van der Waals surface area contributed by atoms with Gasteiger partial charge in [-0.05, 0) is 43.0 Å². The quantitative estimate of drug-likeness (QED) is 0.905. The van der Waals surface area contributed by atoms with Crippen molar-refractivity contribution in [1.82, 2.24) is 20.4 Å². The minimum Gasteiger partial charge on any atom is -0.497 e. The number of nitrogens with one attached hydrogen (secondary N) is 1. The summed E-state index contributed by atoms with van der Waals surface area (Å²) in [5.41, 5.74) is 1.74. The van der Waals surface area contributed by atoms with E-state index in [1.165, 1.54) is 24.6 Å². The van der Waals surface area contributed by atoms with Gasteiger partial charge in [-0.15, -0.1) is 0 Å². The largest absolute Gasteiger partial charge is 0.497 e. The second kappa shape index (κ2) is 6.80. The van der Waals surface area contributed by atoms with Crippen molar-refractivity contribution in [3.8, 4) is 5.75 Å². The van der Waals surface area contributed by atoms with Crippen molar-refractivity contribution < 1.29 is 9.53 Å². The molecule has 130 valence electrons. The van der Waals surface area contributed by atoms with Crippen LogP contribution in [-0.4, -0.2) is 46.7 Å². The number of ether oxygens (including phenoxy) is 1. The summed E-state index contributed by atoms with van der Waals surface area (Å²) in [7, 11) is 1.68. The third-order valence-corrected chi connectivity index (χ3v) is 5.05. The molecular formula is C19H22N4O2. The molecule has 0 spiro atoms. The van der Waals surface area contributed by atoms with Gasteiger partial charge >= 0.3 is 0 Å². The molecule has 2 aromatic rings. The van der Waals surface area contributed by atoms with Crippen LogP contribution < -0.4 is 10.1 Å². The van der Waals surface area contributed by atoms with E-state index in [0.717, 1.165) is 18.7 Å². The van der Waals surface area contributed by atoms with Gasteiger partial charge in [0.2, 0.25) is 0 Å². The first kappa shape index (κ1) is 16.0. The molecule has 6 heteroatoms. The van der Waals surface area contributed by atoms with Crippen molar-refractivity contribution in [2.75, 3.05) is 13.7 Å². The third kappa shape index (κ3) is 3.35. The number of carbonyl (C=O) groups excluding carboxylic acids is 1. The molecule has 25 heavy (non-hydrogen) atoms. The van der Waals surface area contributed by atoms with Crippen molar-refractivity contribution in [2.45, 2.75) is 37.4 Å². The molecule has 1 aliphatic heterocycles. The standard InChI is InChI=1S/C19H22N4O2/c1-25-16-4-2-3-13(11-16)18-17(8-10-23(18)15-5-6-15)22-19(24)14-7-9-20-21-12-14/h2-4,7,9,11-12,15,17-18H,5-6,8,10H2,1H3,(H,22,24)/t17-,18-/m0/s1. The van der Waals surface area contributed by atoms with Crippen molar-refractivity contribution in [2.24, 2.45) is 0 Å². The van der Waals surface area contributed by atoms with E-state index >= 15 is 0 Å². The molecule has 0 bridgehead atoms. The van der Waals surface area contributed by atoms with E-state index in [4.69, 9.17) is 4.74 Å². The fraction of sp³-hybridized carbons (Fsp3) is 0.421. The molecule has 6 nitrogen and oxygen atoms in total. The number of nitrogens with zero attached hydrogens (tertiary/aromatic N) is 3. The lowest BCUT2D eigenvalue weighted by molar-refractivity contribution is 0.0923. The highest BCUT2D eigenvalue weighted by Gasteiger charge is 2.43. The zero-order valence-corrected chi connectivity index (χ0v) is 14.3. The van der Waals surface area contributed by atoms with Gasteiger partial charge in [0, 0.05) is 12.6 Å². The fourth-order valence-electron chi connectivity index (χ4n) is 3.71. The average molecular weight is 338 g/mol. The van der Waals surface area contributed by atoms with Crippen LogP contribution in [0.25, 0.3) is 0 Å². The van der Waals surface area contributed by atoms with Crippen LogP contribution in [0.5, 0.6) is 5.75 Å². The summed E-state index contributed by atoms with van der Waals surface area (Å²) in [5.74, 6) is 0.758. The van der Waals surface area contributed by atoms with Gasteiger partial charge in [-0.2, -0.15) is 10.2 Å². The Morgan fingerprint density at radius 3 is 2.84 bits per heavy atom. The lowest BCUT2D eigenvalue weighted by Crippen LogP contribution is -2.40. The summed E-state index contributed by atoms with van der Waals surface area (Å²) in [6.45, 7) is 1.01. The monoisotopic (exact) mass is 338 g/mol. The Bertz CT molecular complexity index is 748. The van der Waals surface area contributed by atoms with Crippen molar-refractivity contribution in [3.05, 3.63) is 53.9 Å². The highest BCUT2D eigenvalue weighted by molar-refractivity contribution is 5.94. The Balaban J connectivity index is 1.58. The van der Waals surface area contributed by atoms with Crippen LogP contribution in [0.2, 0.25) is 0 Å². The molecule has 1 amide bonds. The summed E-state index contributed by atoms with van der Waals surface area (Å²) < 4.78 is 5.39. The molecule has 2 heterocycles. The number of amides is 1. The van der Waals surface area contributed by atoms with Crippen LogP contribution in [-0.2, 0) is 0 Å². The predicted molar refractivity (Wildman–Crippen MR) is 93.4 cm³/mol. The molecule has 1 aromatic carbocycles. The minimum absolute atomic E-state index is 0.0772. The molecule has 1 N–H and O–H groups in total. The van der Waals surface area contributed by atoms with Crippen LogP contribution in [0.3, 0.4) is 0 Å². The van der Waals surface area contributed by atoms with Gasteiger partial charge in [-0.3, -0.25) is 9.69 Å². The second-order valence-corrected chi connectivity index (χ2v) is 6.69. The summed E-state index contributed by atoms with van der Waals surface area (Å²) in [6.07, 6.45) is 6.48. The topological polar surface area (TPSA) is 67.3 Å². The molecule has 1 aliphatic carbocycles. The maximum absolute atomic E-state index is 12.6. The Kier molecular flexibility index (Phi) is 4.36. The lowest BCUT2D eigenvalue weighted by Gasteiger charge is -2.29. The zero-order valence-electron chi connectivity index (χ0n) is 14.3. The highest BCUT2D eigenvalue weighted by atomic mass is 16.5.